The van der Waals surface area contributed by atoms with Crippen LogP contribution in [0.15, 0.2) is 73.1 Å². The minimum atomic E-state index is 0.239. The van der Waals surface area contributed by atoms with Gasteiger partial charge in [-0.3, -0.25) is 9.97 Å². The standard InChI is InChI=1S/2C9H7NO.O.V/c2*11-8-5-1-3-7-4-2-6-10-9(7)8;;/h2*1-6,11H;;. The van der Waals surface area contributed by atoms with Gasteiger partial charge in [-0.1, -0.05) is 36.4 Å². The normalized spacial score (nSPS) is 9.46. The quantitative estimate of drug-likeness (QED) is 0.501. The van der Waals surface area contributed by atoms with Gasteiger partial charge in [0.25, 0.3) is 0 Å². The van der Waals surface area contributed by atoms with Gasteiger partial charge in [-0.05, 0) is 24.3 Å². The number of pyridine rings is 2. The summed E-state index contributed by atoms with van der Waals surface area (Å²) in [7, 11) is 0. The van der Waals surface area contributed by atoms with Gasteiger partial charge in [0.2, 0.25) is 0 Å². The average Bonchev–Trinajstić information content (AvgIpc) is 2.65. The number of phenols is 2. The number of para-hydroxylation sites is 2. The first-order valence-electron chi connectivity index (χ1n) is 6.99. The van der Waals surface area contributed by atoms with Crippen molar-refractivity contribution in [2.45, 2.75) is 0 Å². The second-order valence-electron chi connectivity index (χ2n) is 4.70. The van der Waals surface area contributed by atoms with Crippen molar-refractivity contribution < 1.29 is 31.3 Å². The molecule has 2 heterocycles. The number of aromatic nitrogens is 2. The summed E-state index contributed by atoms with van der Waals surface area (Å²) in [6.07, 6.45) is 3.34. The van der Waals surface area contributed by atoms with Gasteiger partial charge in [-0.25, -0.2) is 0 Å². The summed E-state index contributed by atoms with van der Waals surface area (Å²) in [4.78, 5) is 8.06. The molecule has 4 rings (SSSR count). The van der Waals surface area contributed by atoms with Crippen LogP contribution in [-0.2, 0) is 21.0 Å². The third kappa shape index (κ3) is 4.16. The molecule has 2 N–H and O–H groups in total. The number of aromatic hydroxyl groups is 2. The van der Waals surface area contributed by atoms with Gasteiger partial charge in [0.1, 0.15) is 22.5 Å². The Morgan fingerprint density at radius 3 is 1.38 bits per heavy atom. The van der Waals surface area contributed by atoms with Crippen molar-refractivity contribution in [2.75, 3.05) is 0 Å². The van der Waals surface area contributed by atoms with E-state index in [1.165, 1.54) is 0 Å². The Bertz CT molecular complexity index is 859. The molecule has 0 atom stereocenters. The minimum absolute atomic E-state index is 0.239. The first-order valence-corrected chi connectivity index (χ1v) is 7.56. The summed E-state index contributed by atoms with van der Waals surface area (Å²) in [6.45, 7) is 0. The first-order chi connectivity index (χ1) is 11.8. The zero-order chi connectivity index (χ0) is 17.4. The molecule has 0 bridgehead atoms. The number of hydrogen-bond acceptors (Lipinski definition) is 5. The number of fused-ring (bicyclic) bond motifs is 2. The number of rotatable bonds is 0. The van der Waals surface area contributed by atoms with E-state index in [1.54, 1.807) is 36.7 Å². The van der Waals surface area contributed by atoms with Crippen LogP contribution in [0.3, 0.4) is 0 Å². The first kappa shape index (κ1) is 17.6. The fourth-order valence-electron chi connectivity index (χ4n) is 2.18. The van der Waals surface area contributed by atoms with Crippen molar-refractivity contribution in [3.8, 4) is 11.5 Å². The van der Waals surface area contributed by atoms with E-state index in [0.717, 1.165) is 28.1 Å². The molecule has 0 aliphatic carbocycles. The van der Waals surface area contributed by atoms with Gasteiger partial charge < -0.3 is 10.2 Å². The Morgan fingerprint density at radius 1 is 0.625 bits per heavy atom. The van der Waals surface area contributed by atoms with Crippen LogP contribution < -0.4 is 0 Å². The molecule has 0 aliphatic heterocycles. The van der Waals surface area contributed by atoms with Crippen LogP contribution in [-0.4, -0.2) is 20.2 Å². The SMILES string of the molecule is Oc1cccc2cccnc12.Oc1cccc2cccnc12.[O]=[V]. The topological polar surface area (TPSA) is 83.3 Å². The molecule has 0 amide bonds. The van der Waals surface area contributed by atoms with Crippen LogP contribution in [0, 0.1) is 0 Å². The Morgan fingerprint density at radius 2 is 1.00 bits per heavy atom. The van der Waals surface area contributed by atoms with Gasteiger partial charge in [-0.2, -0.15) is 0 Å². The maximum absolute atomic E-state index is 9.31. The Balaban J connectivity index is 0.000000158. The van der Waals surface area contributed by atoms with Crippen molar-refractivity contribution in [3.05, 3.63) is 73.1 Å². The Kier molecular flexibility index (Phi) is 6.43. The van der Waals surface area contributed by atoms with E-state index in [0.29, 0.717) is 11.0 Å². The fourth-order valence-corrected chi connectivity index (χ4v) is 2.18. The van der Waals surface area contributed by atoms with Gasteiger partial charge >= 0.3 is 21.0 Å². The molecule has 24 heavy (non-hydrogen) atoms. The molecule has 2 aromatic carbocycles. The number of nitrogens with zero attached hydrogens (tertiary/aromatic N) is 2. The summed E-state index contributed by atoms with van der Waals surface area (Å²) in [5.74, 6) is 0.478. The third-order valence-corrected chi connectivity index (χ3v) is 3.22. The fraction of sp³-hybridized carbons (Fsp3) is 0. The summed E-state index contributed by atoms with van der Waals surface area (Å²) in [5.41, 5.74) is 1.32. The molecule has 0 radical (unpaired) electrons. The number of hydrogen-bond donors (Lipinski definition) is 2. The van der Waals surface area contributed by atoms with Crippen molar-refractivity contribution in [1.82, 2.24) is 9.97 Å². The van der Waals surface area contributed by atoms with Crippen LogP contribution in [0.5, 0.6) is 11.5 Å². The zero-order valence-electron chi connectivity index (χ0n) is 12.6. The molecule has 5 nitrogen and oxygen atoms in total. The Hall–Kier alpha value is -2.76. The molecule has 0 spiro atoms. The predicted molar refractivity (Wildman–Crippen MR) is 87.5 cm³/mol. The molecule has 0 saturated carbocycles. The van der Waals surface area contributed by atoms with Crippen LogP contribution in [0.2, 0.25) is 0 Å². The molecule has 0 saturated heterocycles. The molecule has 119 valence electrons. The monoisotopic (exact) mass is 357 g/mol. The van der Waals surface area contributed by atoms with E-state index >= 15 is 0 Å². The number of phenolic OH excluding ortho intramolecular Hbond substituents is 2. The van der Waals surface area contributed by atoms with Gasteiger partial charge in [0.15, 0.2) is 0 Å². The van der Waals surface area contributed by atoms with E-state index < -0.39 is 0 Å². The van der Waals surface area contributed by atoms with Gasteiger partial charge in [0.05, 0.1) is 0 Å². The third-order valence-electron chi connectivity index (χ3n) is 3.22. The molecule has 6 heteroatoms. The summed E-state index contributed by atoms with van der Waals surface area (Å²) >= 11 is 1.06. The maximum atomic E-state index is 9.31. The average molecular weight is 357 g/mol. The summed E-state index contributed by atoms with van der Waals surface area (Å²) in [6, 6.07) is 18.3. The summed E-state index contributed by atoms with van der Waals surface area (Å²) in [5, 5.41) is 20.5. The van der Waals surface area contributed by atoms with Crippen LogP contribution in [0.25, 0.3) is 21.8 Å². The molecular formula is C18H14N2O3V. The molecule has 0 unspecified atom stereocenters. The second-order valence-corrected chi connectivity index (χ2v) is 4.70. The van der Waals surface area contributed by atoms with Crippen molar-refractivity contribution in [3.63, 3.8) is 0 Å². The van der Waals surface area contributed by atoms with Crippen LogP contribution in [0.4, 0.5) is 0 Å². The van der Waals surface area contributed by atoms with E-state index in [4.69, 9.17) is 3.67 Å². The molecule has 2 aromatic heterocycles. The molecule has 0 aliphatic rings. The molecule has 0 fully saturated rings. The van der Waals surface area contributed by atoms with E-state index in [1.807, 2.05) is 36.4 Å². The summed E-state index contributed by atoms with van der Waals surface area (Å²) < 4.78 is 8.19. The van der Waals surface area contributed by atoms with E-state index in [2.05, 4.69) is 9.97 Å². The second kappa shape index (κ2) is 8.77. The molecular weight excluding hydrogens is 343 g/mol. The predicted octanol–water partition coefficient (Wildman–Crippen LogP) is 3.76. The van der Waals surface area contributed by atoms with Gasteiger partial charge in [-0.15, -0.1) is 0 Å². The van der Waals surface area contributed by atoms with Crippen LogP contribution in [0.1, 0.15) is 0 Å². The van der Waals surface area contributed by atoms with Crippen molar-refractivity contribution in [2.24, 2.45) is 0 Å². The van der Waals surface area contributed by atoms with Gasteiger partial charge in [0, 0.05) is 23.2 Å². The van der Waals surface area contributed by atoms with Crippen molar-refractivity contribution in [1.29, 1.82) is 0 Å². The van der Waals surface area contributed by atoms with Crippen molar-refractivity contribution >= 4 is 21.8 Å². The van der Waals surface area contributed by atoms with E-state index in [-0.39, 0.29) is 11.5 Å². The van der Waals surface area contributed by atoms with Crippen LogP contribution >= 0.6 is 0 Å². The zero-order valence-corrected chi connectivity index (χ0v) is 14.0. The Labute approximate surface area is 147 Å². The van der Waals surface area contributed by atoms with E-state index in [9.17, 15) is 10.2 Å². The molecule has 4 aromatic rings. The number of benzene rings is 2.